The van der Waals surface area contributed by atoms with E-state index in [2.05, 4.69) is 59.5 Å². The summed E-state index contributed by atoms with van der Waals surface area (Å²) >= 11 is 1.98. The zero-order valence-electron chi connectivity index (χ0n) is 20.6. The summed E-state index contributed by atoms with van der Waals surface area (Å²) in [5.74, 6) is 2.69. The molecule has 184 valence electrons. The van der Waals surface area contributed by atoms with Crippen molar-refractivity contribution in [1.29, 1.82) is 0 Å². The number of benzene rings is 3. The van der Waals surface area contributed by atoms with Crippen LogP contribution in [-0.2, 0) is 0 Å². The van der Waals surface area contributed by atoms with E-state index in [4.69, 9.17) is 4.74 Å². The minimum absolute atomic E-state index is 0.205. The number of nitrogens with zero attached hydrogens (tertiary/aromatic N) is 1. The number of thioether (sulfide) groups is 1. The van der Waals surface area contributed by atoms with Crippen molar-refractivity contribution < 1.29 is 9.84 Å². The fraction of sp³-hybridized carbons (Fsp3) is 0.419. The highest BCUT2D eigenvalue weighted by atomic mass is 32.2. The van der Waals surface area contributed by atoms with Crippen LogP contribution in [0.2, 0.25) is 0 Å². The van der Waals surface area contributed by atoms with Gasteiger partial charge in [-0.05, 0) is 80.4 Å². The van der Waals surface area contributed by atoms with Crippen LogP contribution in [0.15, 0.2) is 77.7 Å². The van der Waals surface area contributed by atoms with Crippen LogP contribution >= 0.6 is 11.8 Å². The van der Waals surface area contributed by atoms with Gasteiger partial charge in [-0.15, -0.1) is 11.8 Å². The first-order valence-electron chi connectivity index (χ1n) is 13.2. The normalized spacial score (nSPS) is 19.9. The zero-order chi connectivity index (χ0) is 23.9. The van der Waals surface area contributed by atoms with Crippen LogP contribution in [0.5, 0.6) is 11.5 Å². The third-order valence-electron chi connectivity index (χ3n) is 7.46. The van der Waals surface area contributed by atoms with E-state index in [1.807, 2.05) is 17.8 Å². The number of aromatic hydroxyl groups is 1. The fourth-order valence-electron chi connectivity index (χ4n) is 5.56. The summed E-state index contributed by atoms with van der Waals surface area (Å²) in [5, 5.41) is 9.98. The van der Waals surface area contributed by atoms with Crippen LogP contribution in [0, 0.1) is 0 Å². The molecule has 0 spiro atoms. The molecule has 0 aromatic heterocycles. The topological polar surface area (TPSA) is 32.7 Å². The van der Waals surface area contributed by atoms with E-state index in [9.17, 15) is 5.11 Å². The van der Waals surface area contributed by atoms with Crippen LogP contribution < -0.4 is 4.74 Å². The lowest BCUT2D eigenvalue weighted by molar-refractivity contribution is 0.248. The van der Waals surface area contributed by atoms with Crippen LogP contribution in [-0.4, -0.2) is 42.0 Å². The number of phenolic OH excluding ortho intramolecular Hbond substituents is 1. The molecule has 2 aliphatic rings. The minimum atomic E-state index is 0.205. The molecule has 1 unspecified atom stereocenters. The minimum Gasteiger partial charge on any atom is -0.508 e. The highest BCUT2D eigenvalue weighted by Crippen LogP contribution is 2.47. The van der Waals surface area contributed by atoms with E-state index in [1.165, 1.54) is 79.9 Å². The van der Waals surface area contributed by atoms with Gasteiger partial charge in [-0.1, -0.05) is 61.4 Å². The lowest BCUT2D eigenvalue weighted by atomic mass is 9.76. The SMILES string of the molecule is Oc1ccc2c(c1)OC[C@H](c1ccccc1)C2c1ccc(SCCCCCCN2CCCC2)cc1. The Labute approximate surface area is 214 Å². The standard InChI is InChI=1S/C31H37NO2S/c33-26-14-17-28-30(22-26)34-23-29(24-10-4-3-5-11-24)31(28)25-12-15-27(16-13-25)35-21-9-2-1-6-18-32-19-7-8-20-32/h3-5,10-17,22,29,31,33H,1-2,6-9,18-21,23H2/t29-,31?/m1/s1. The maximum atomic E-state index is 9.98. The maximum Gasteiger partial charge on any atom is 0.126 e. The lowest BCUT2D eigenvalue weighted by Crippen LogP contribution is -2.25. The van der Waals surface area contributed by atoms with Crippen molar-refractivity contribution in [3.05, 3.63) is 89.5 Å². The summed E-state index contributed by atoms with van der Waals surface area (Å²) in [4.78, 5) is 3.97. The van der Waals surface area contributed by atoms with Gasteiger partial charge in [-0.2, -0.15) is 0 Å². The van der Waals surface area contributed by atoms with E-state index in [0.717, 1.165) is 11.3 Å². The summed E-state index contributed by atoms with van der Waals surface area (Å²) in [7, 11) is 0. The molecule has 1 N–H and O–H groups in total. The second kappa shape index (κ2) is 12.0. The van der Waals surface area contributed by atoms with Crippen molar-refractivity contribution in [2.24, 2.45) is 0 Å². The number of likely N-dealkylation sites (tertiary alicyclic amines) is 1. The molecule has 3 aromatic rings. The number of unbranched alkanes of at least 4 members (excludes halogenated alkanes) is 3. The molecule has 2 atom stereocenters. The van der Waals surface area contributed by atoms with Gasteiger partial charge in [-0.25, -0.2) is 0 Å². The van der Waals surface area contributed by atoms with Crippen molar-refractivity contribution in [3.63, 3.8) is 0 Å². The molecule has 1 fully saturated rings. The molecule has 2 aliphatic heterocycles. The number of hydrogen-bond acceptors (Lipinski definition) is 4. The van der Waals surface area contributed by atoms with Gasteiger partial charge in [-0.3, -0.25) is 0 Å². The molecule has 5 rings (SSSR count). The number of rotatable bonds is 10. The van der Waals surface area contributed by atoms with Crippen LogP contribution in [0.25, 0.3) is 0 Å². The Morgan fingerprint density at radius 1 is 0.829 bits per heavy atom. The van der Waals surface area contributed by atoms with E-state index in [1.54, 1.807) is 12.1 Å². The molecule has 0 amide bonds. The van der Waals surface area contributed by atoms with Gasteiger partial charge < -0.3 is 14.7 Å². The maximum absolute atomic E-state index is 9.98. The highest BCUT2D eigenvalue weighted by molar-refractivity contribution is 7.99. The third kappa shape index (κ3) is 6.23. The number of hydrogen-bond donors (Lipinski definition) is 1. The van der Waals surface area contributed by atoms with E-state index in [0.29, 0.717) is 6.61 Å². The van der Waals surface area contributed by atoms with Gasteiger partial charge in [0.1, 0.15) is 11.5 Å². The Morgan fingerprint density at radius 2 is 1.60 bits per heavy atom. The second-order valence-electron chi connectivity index (χ2n) is 9.91. The Balaban J connectivity index is 1.19. The van der Waals surface area contributed by atoms with Crippen molar-refractivity contribution in [2.45, 2.75) is 55.3 Å². The Hall–Kier alpha value is -2.43. The average Bonchev–Trinajstić information content (AvgIpc) is 3.42. The number of ether oxygens (including phenoxy) is 1. The molecule has 1 saturated heterocycles. The van der Waals surface area contributed by atoms with Gasteiger partial charge in [0, 0.05) is 28.4 Å². The second-order valence-corrected chi connectivity index (χ2v) is 11.1. The molecular formula is C31H37NO2S. The predicted octanol–water partition coefficient (Wildman–Crippen LogP) is 7.45. The Kier molecular flexibility index (Phi) is 8.33. The van der Waals surface area contributed by atoms with Crippen molar-refractivity contribution in [1.82, 2.24) is 4.90 Å². The first-order valence-corrected chi connectivity index (χ1v) is 14.2. The highest BCUT2D eigenvalue weighted by Gasteiger charge is 2.33. The van der Waals surface area contributed by atoms with Crippen LogP contribution in [0.1, 0.15) is 67.1 Å². The third-order valence-corrected chi connectivity index (χ3v) is 8.55. The Bertz CT molecular complexity index is 1060. The molecular weight excluding hydrogens is 450 g/mol. The molecule has 35 heavy (non-hydrogen) atoms. The molecule has 0 saturated carbocycles. The molecule has 3 nitrogen and oxygen atoms in total. The van der Waals surface area contributed by atoms with Crippen molar-refractivity contribution in [3.8, 4) is 11.5 Å². The summed E-state index contributed by atoms with van der Waals surface area (Å²) < 4.78 is 6.10. The van der Waals surface area contributed by atoms with Crippen LogP contribution in [0.3, 0.4) is 0 Å². The largest absolute Gasteiger partial charge is 0.508 e. The quantitative estimate of drug-likeness (QED) is 0.238. The first kappa shape index (κ1) is 24.3. The molecule has 0 bridgehead atoms. The van der Waals surface area contributed by atoms with Gasteiger partial charge in [0.25, 0.3) is 0 Å². The van der Waals surface area contributed by atoms with Gasteiger partial charge >= 0.3 is 0 Å². The Morgan fingerprint density at radius 3 is 2.40 bits per heavy atom. The van der Waals surface area contributed by atoms with Crippen molar-refractivity contribution >= 4 is 11.8 Å². The molecule has 2 heterocycles. The summed E-state index contributed by atoms with van der Waals surface area (Å²) in [6.07, 6.45) is 8.13. The fourth-order valence-corrected chi connectivity index (χ4v) is 6.47. The molecule has 0 aliphatic carbocycles. The summed E-state index contributed by atoms with van der Waals surface area (Å²) in [6, 6.07) is 25.4. The number of phenols is 1. The number of fused-ring (bicyclic) bond motifs is 1. The monoisotopic (exact) mass is 487 g/mol. The molecule has 4 heteroatoms. The van der Waals surface area contributed by atoms with Gasteiger partial charge in [0.05, 0.1) is 6.61 Å². The first-order chi connectivity index (χ1) is 17.3. The van der Waals surface area contributed by atoms with Gasteiger partial charge in [0.15, 0.2) is 0 Å². The van der Waals surface area contributed by atoms with Crippen molar-refractivity contribution in [2.75, 3.05) is 32.0 Å². The lowest BCUT2D eigenvalue weighted by Gasteiger charge is -2.34. The average molecular weight is 488 g/mol. The zero-order valence-corrected chi connectivity index (χ0v) is 21.4. The molecule has 0 radical (unpaired) electrons. The van der Waals surface area contributed by atoms with E-state index < -0.39 is 0 Å². The van der Waals surface area contributed by atoms with Gasteiger partial charge in [0.2, 0.25) is 0 Å². The van der Waals surface area contributed by atoms with E-state index >= 15 is 0 Å². The van der Waals surface area contributed by atoms with E-state index in [-0.39, 0.29) is 17.6 Å². The van der Waals surface area contributed by atoms with Crippen LogP contribution in [0.4, 0.5) is 0 Å². The molecule has 3 aromatic carbocycles. The predicted molar refractivity (Wildman–Crippen MR) is 146 cm³/mol. The smallest absolute Gasteiger partial charge is 0.126 e. The summed E-state index contributed by atoms with van der Waals surface area (Å²) in [5.41, 5.74) is 3.75. The summed E-state index contributed by atoms with van der Waals surface area (Å²) in [6.45, 7) is 4.55.